The van der Waals surface area contributed by atoms with Crippen LogP contribution in [0.2, 0.25) is 0 Å². The Kier molecular flexibility index (Phi) is 5.44. The molecule has 2 heterocycles. The van der Waals surface area contributed by atoms with Gasteiger partial charge >= 0.3 is 0 Å². The first-order valence-electron chi connectivity index (χ1n) is 8.48. The van der Waals surface area contributed by atoms with Crippen LogP contribution < -0.4 is 16.4 Å². The molecule has 1 aromatic rings. The summed E-state index contributed by atoms with van der Waals surface area (Å²) in [5.41, 5.74) is 6.32. The van der Waals surface area contributed by atoms with Crippen molar-refractivity contribution in [2.45, 2.75) is 12.5 Å². The summed E-state index contributed by atoms with van der Waals surface area (Å²) in [6, 6.07) is 7.29. The molecule has 0 unspecified atom stereocenters. The van der Waals surface area contributed by atoms with Crippen LogP contribution in [0.3, 0.4) is 0 Å². The summed E-state index contributed by atoms with van der Waals surface area (Å²) >= 11 is 0. The second kappa shape index (κ2) is 7.74. The number of carbonyl (C=O) groups is 2. The summed E-state index contributed by atoms with van der Waals surface area (Å²) in [6.07, 6.45) is 1.22. The number of nitrogens with one attached hydrogen (secondary N) is 2. The summed E-state index contributed by atoms with van der Waals surface area (Å²) < 4.78 is 0. The Morgan fingerprint density at radius 3 is 2.46 bits per heavy atom. The summed E-state index contributed by atoms with van der Waals surface area (Å²) in [4.78, 5) is 27.9. The van der Waals surface area contributed by atoms with Gasteiger partial charge in [-0.3, -0.25) is 19.4 Å². The Labute approximate surface area is 142 Å². The predicted octanol–water partition coefficient (Wildman–Crippen LogP) is -0.296. The third kappa shape index (κ3) is 4.31. The highest BCUT2D eigenvalue weighted by molar-refractivity contribution is 5.95. The largest absolute Gasteiger partial charge is 0.366 e. The molecule has 0 aliphatic carbocycles. The lowest BCUT2D eigenvalue weighted by Crippen LogP contribution is -2.52. The Morgan fingerprint density at radius 2 is 1.88 bits per heavy atom. The molecule has 0 radical (unpaired) electrons. The maximum atomic E-state index is 12.2. The molecule has 0 aromatic heterocycles. The van der Waals surface area contributed by atoms with E-state index in [4.69, 9.17) is 5.73 Å². The van der Waals surface area contributed by atoms with Gasteiger partial charge < -0.3 is 16.4 Å². The Balaban J connectivity index is 1.43. The van der Waals surface area contributed by atoms with E-state index >= 15 is 0 Å². The van der Waals surface area contributed by atoms with Crippen molar-refractivity contribution in [2.24, 2.45) is 5.73 Å². The maximum Gasteiger partial charge on any atom is 0.248 e. The normalized spacial score (nSPS) is 22.4. The first kappa shape index (κ1) is 16.9. The molecule has 1 aromatic carbocycles. The van der Waals surface area contributed by atoms with E-state index in [0.717, 1.165) is 39.3 Å². The van der Waals surface area contributed by atoms with Crippen LogP contribution in [0, 0.1) is 0 Å². The van der Waals surface area contributed by atoms with Crippen LogP contribution in [0.1, 0.15) is 16.8 Å². The van der Waals surface area contributed by atoms with Gasteiger partial charge in [0.15, 0.2) is 0 Å². The number of benzene rings is 1. The van der Waals surface area contributed by atoms with Crippen LogP contribution in [0.5, 0.6) is 0 Å². The summed E-state index contributed by atoms with van der Waals surface area (Å²) in [5, 5.41) is 6.27. The molecule has 2 aliphatic heterocycles. The molecule has 4 N–H and O–H groups in total. The van der Waals surface area contributed by atoms with Gasteiger partial charge in [-0.2, -0.15) is 0 Å². The second-order valence-corrected chi connectivity index (χ2v) is 6.45. The van der Waals surface area contributed by atoms with E-state index in [1.165, 1.54) is 6.42 Å². The van der Waals surface area contributed by atoms with Crippen LogP contribution in [0.4, 0.5) is 5.69 Å². The fourth-order valence-electron chi connectivity index (χ4n) is 3.36. The van der Waals surface area contributed by atoms with Crippen molar-refractivity contribution >= 4 is 17.5 Å². The molecule has 0 spiro atoms. The molecular weight excluding hydrogens is 306 g/mol. The first-order chi connectivity index (χ1) is 11.6. The zero-order valence-corrected chi connectivity index (χ0v) is 13.8. The minimum absolute atomic E-state index is 0.0298. The van der Waals surface area contributed by atoms with Gasteiger partial charge in [-0.15, -0.1) is 0 Å². The van der Waals surface area contributed by atoms with Crippen molar-refractivity contribution in [2.75, 3.05) is 51.1 Å². The van der Waals surface area contributed by atoms with Crippen molar-refractivity contribution in [3.05, 3.63) is 29.8 Å². The average molecular weight is 331 g/mol. The number of nitrogens with zero attached hydrogens (tertiary/aromatic N) is 2. The number of primary amides is 1. The smallest absolute Gasteiger partial charge is 0.248 e. The Morgan fingerprint density at radius 1 is 1.17 bits per heavy atom. The monoisotopic (exact) mass is 331 g/mol. The molecule has 7 nitrogen and oxygen atoms in total. The van der Waals surface area contributed by atoms with Crippen molar-refractivity contribution in [1.29, 1.82) is 0 Å². The molecule has 2 aliphatic rings. The summed E-state index contributed by atoms with van der Waals surface area (Å²) in [5.74, 6) is -0.499. The minimum Gasteiger partial charge on any atom is -0.366 e. The fraction of sp³-hybridized carbons (Fsp3) is 0.529. The second-order valence-electron chi connectivity index (χ2n) is 6.45. The molecule has 24 heavy (non-hydrogen) atoms. The van der Waals surface area contributed by atoms with Gasteiger partial charge in [-0.05, 0) is 37.2 Å². The third-order valence-electron chi connectivity index (χ3n) is 4.78. The van der Waals surface area contributed by atoms with Gasteiger partial charge in [0.2, 0.25) is 11.8 Å². The summed E-state index contributed by atoms with van der Waals surface area (Å²) in [6.45, 7) is 6.48. The maximum absolute atomic E-state index is 12.2. The van der Waals surface area contributed by atoms with Crippen LogP contribution in [-0.4, -0.2) is 73.5 Å². The predicted molar refractivity (Wildman–Crippen MR) is 92.9 cm³/mol. The zero-order valence-electron chi connectivity index (χ0n) is 13.8. The van der Waals surface area contributed by atoms with Gasteiger partial charge in [-0.25, -0.2) is 0 Å². The molecule has 7 heteroatoms. The van der Waals surface area contributed by atoms with E-state index < -0.39 is 5.91 Å². The highest BCUT2D eigenvalue weighted by atomic mass is 16.2. The number of anilines is 1. The Hall–Kier alpha value is -1.96. The molecule has 0 bridgehead atoms. The molecule has 2 fully saturated rings. The average Bonchev–Trinajstić information content (AvgIpc) is 3.10. The van der Waals surface area contributed by atoms with Gasteiger partial charge in [0.05, 0.1) is 6.54 Å². The quantitative estimate of drug-likeness (QED) is 0.689. The number of rotatable bonds is 5. The van der Waals surface area contributed by atoms with Crippen LogP contribution in [-0.2, 0) is 4.79 Å². The van der Waals surface area contributed by atoms with Crippen LogP contribution in [0.25, 0.3) is 0 Å². The zero-order chi connectivity index (χ0) is 16.9. The number of piperazine rings is 1. The van der Waals surface area contributed by atoms with Crippen LogP contribution in [0.15, 0.2) is 24.3 Å². The van der Waals surface area contributed by atoms with Crippen molar-refractivity contribution < 1.29 is 9.59 Å². The summed E-state index contributed by atoms with van der Waals surface area (Å²) in [7, 11) is 0. The van der Waals surface area contributed by atoms with Gasteiger partial charge in [0.1, 0.15) is 0 Å². The third-order valence-corrected chi connectivity index (χ3v) is 4.78. The minimum atomic E-state index is -0.469. The van der Waals surface area contributed by atoms with Crippen LogP contribution >= 0.6 is 0 Å². The fourth-order valence-corrected chi connectivity index (χ4v) is 3.36. The SMILES string of the molecule is NC(=O)c1ccc(NC(=O)CN2CCN([C@@H]3CCNC3)CC2)cc1. The van der Waals surface area contributed by atoms with E-state index in [9.17, 15) is 9.59 Å². The first-order valence-corrected chi connectivity index (χ1v) is 8.48. The molecule has 2 saturated heterocycles. The standard InChI is InChI=1S/C17H25N5O2/c18-17(24)13-1-3-14(4-2-13)20-16(23)12-21-7-9-22(10-8-21)15-5-6-19-11-15/h1-4,15,19H,5-12H2,(H2,18,24)(H,20,23)/t15-/m1/s1. The number of amides is 2. The molecule has 3 rings (SSSR count). The molecule has 130 valence electrons. The number of carbonyl (C=O) groups excluding carboxylic acids is 2. The lowest BCUT2D eigenvalue weighted by molar-refractivity contribution is -0.117. The van der Waals surface area contributed by atoms with Crippen molar-refractivity contribution in [3.63, 3.8) is 0 Å². The topological polar surface area (TPSA) is 90.7 Å². The van der Waals surface area contributed by atoms with E-state index in [0.29, 0.717) is 23.8 Å². The molecular formula is C17H25N5O2. The lowest BCUT2D eigenvalue weighted by atomic mass is 10.2. The number of nitrogens with two attached hydrogens (primary N) is 1. The van der Waals surface area contributed by atoms with Gasteiger partial charge in [0, 0.05) is 50.0 Å². The lowest BCUT2D eigenvalue weighted by Gasteiger charge is -2.37. The van der Waals surface area contributed by atoms with E-state index in [2.05, 4.69) is 20.4 Å². The van der Waals surface area contributed by atoms with Crippen molar-refractivity contribution in [3.8, 4) is 0 Å². The van der Waals surface area contributed by atoms with E-state index in [1.54, 1.807) is 24.3 Å². The van der Waals surface area contributed by atoms with Crippen molar-refractivity contribution in [1.82, 2.24) is 15.1 Å². The Bertz CT molecular complexity index is 575. The molecule has 0 saturated carbocycles. The number of hydrogen-bond acceptors (Lipinski definition) is 5. The molecule has 1 atom stereocenters. The highest BCUT2D eigenvalue weighted by Crippen LogP contribution is 2.13. The van der Waals surface area contributed by atoms with Gasteiger partial charge in [0.25, 0.3) is 0 Å². The van der Waals surface area contributed by atoms with E-state index in [-0.39, 0.29) is 5.91 Å². The van der Waals surface area contributed by atoms with Gasteiger partial charge in [-0.1, -0.05) is 0 Å². The van der Waals surface area contributed by atoms with E-state index in [1.807, 2.05) is 0 Å². The number of hydrogen-bond donors (Lipinski definition) is 3. The highest BCUT2D eigenvalue weighted by Gasteiger charge is 2.26. The molecule has 2 amide bonds.